The third kappa shape index (κ3) is 3.27. The van der Waals surface area contributed by atoms with Crippen molar-refractivity contribution >= 4 is 5.97 Å². The number of carbonyl (C=O) groups excluding carboxylic acids is 1. The molecule has 0 N–H and O–H groups in total. The molecule has 0 amide bonds. The van der Waals surface area contributed by atoms with Crippen molar-refractivity contribution in [3.63, 3.8) is 0 Å². The van der Waals surface area contributed by atoms with Gasteiger partial charge in [0.25, 0.3) is 0 Å². The highest BCUT2D eigenvalue weighted by molar-refractivity contribution is 5.96. The lowest BCUT2D eigenvalue weighted by atomic mass is 10.0. The zero-order valence-corrected chi connectivity index (χ0v) is 12.9. The van der Waals surface area contributed by atoms with Gasteiger partial charge in [0.2, 0.25) is 0 Å². The maximum absolute atomic E-state index is 12.1. The number of hydrogen-bond donors (Lipinski definition) is 0. The lowest BCUT2D eigenvalue weighted by molar-refractivity contribution is 0.0526. The molecule has 0 aliphatic heterocycles. The van der Waals surface area contributed by atoms with Gasteiger partial charge in [-0.3, -0.25) is 0 Å². The standard InChI is InChI=1S/C17H20N2O2/c1-5-21-17(20)14-10-18-16(11(2)3)19-15(14)13-9-7-6-8-12(13)4/h6-11H,5H2,1-4H3. The van der Waals surface area contributed by atoms with Gasteiger partial charge in [-0.15, -0.1) is 0 Å². The molecule has 4 heteroatoms. The Hall–Kier alpha value is -2.23. The molecule has 0 aliphatic carbocycles. The van der Waals surface area contributed by atoms with E-state index in [-0.39, 0.29) is 11.9 Å². The molecular weight excluding hydrogens is 264 g/mol. The first kappa shape index (κ1) is 15.2. The molecule has 4 nitrogen and oxygen atoms in total. The summed E-state index contributed by atoms with van der Waals surface area (Å²) in [5, 5.41) is 0. The molecule has 110 valence electrons. The van der Waals surface area contributed by atoms with E-state index in [2.05, 4.69) is 9.97 Å². The van der Waals surface area contributed by atoms with Gasteiger partial charge in [-0.2, -0.15) is 0 Å². The van der Waals surface area contributed by atoms with Gasteiger partial charge in [0.05, 0.1) is 12.3 Å². The second-order valence-corrected chi connectivity index (χ2v) is 5.18. The summed E-state index contributed by atoms with van der Waals surface area (Å²) in [5.74, 6) is 0.538. The normalized spacial score (nSPS) is 10.7. The van der Waals surface area contributed by atoms with Crippen LogP contribution in [0.15, 0.2) is 30.5 Å². The Kier molecular flexibility index (Phi) is 4.68. The molecule has 0 spiro atoms. The maximum Gasteiger partial charge on any atom is 0.341 e. The summed E-state index contributed by atoms with van der Waals surface area (Å²) in [7, 11) is 0. The summed E-state index contributed by atoms with van der Waals surface area (Å²) in [6.45, 7) is 8.18. The highest BCUT2D eigenvalue weighted by Gasteiger charge is 2.19. The fourth-order valence-corrected chi connectivity index (χ4v) is 2.08. The average molecular weight is 284 g/mol. The van der Waals surface area contributed by atoms with Gasteiger partial charge < -0.3 is 4.74 Å². The van der Waals surface area contributed by atoms with Crippen LogP contribution < -0.4 is 0 Å². The first-order chi connectivity index (χ1) is 10.0. The van der Waals surface area contributed by atoms with Gasteiger partial charge in [-0.05, 0) is 19.4 Å². The van der Waals surface area contributed by atoms with Crippen molar-refractivity contribution in [3.8, 4) is 11.3 Å². The van der Waals surface area contributed by atoms with E-state index in [1.165, 1.54) is 0 Å². The van der Waals surface area contributed by atoms with Crippen LogP contribution in [0.3, 0.4) is 0 Å². The highest BCUT2D eigenvalue weighted by atomic mass is 16.5. The minimum absolute atomic E-state index is 0.198. The van der Waals surface area contributed by atoms with E-state index < -0.39 is 0 Å². The molecule has 0 aliphatic rings. The number of aryl methyl sites for hydroxylation is 1. The molecule has 0 atom stereocenters. The summed E-state index contributed by atoms with van der Waals surface area (Å²) >= 11 is 0. The van der Waals surface area contributed by atoms with Crippen LogP contribution in [0.1, 0.15) is 48.4 Å². The van der Waals surface area contributed by atoms with Gasteiger partial charge in [0, 0.05) is 17.7 Å². The Morgan fingerprint density at radius 1 is 1.29 bits per heavy atom. The van der Waals surface area contributed by atoms with Crippen LogP contribution in [0.2, 0.25) is 0 Å². The predicted octanol–water partition coefficient (Wildman–Crippen LogP) is 3.75. The topological polar surface area (TPSA) is 52.1 Å². The van der Waals surface area contributed by atoms with Crippen molar-refractivity contribution in [1.29, 1.82) is 0 Å². The monoisotopic (exact) mass is 284 g/mol. The molecule has 0 saturated heterocycles. The molecule has 0 radical (unpaired) electrons. The van der Waals surface area contributed by atoms with E-state index in [1.54, 1.807) is 13.1 Å². The van der Waals surface area contributed by atoms with Crippen molar-refractivity contribution in [1.82, 2.24) is 9.97 Å². The number of aromatic nitrogens is 2. The number of nitrogens with zero attached hydrogens (tertiary/aromatic N) is 2. The zero-order chi connectivity index (χ0) is 15.4. The second kappa shape index (κ2) is 6.48. The van der Waals surface area contributed by atoms with E-state index in [4.69, 9.17) is 4.74 Å². The largest absolute Gasteiger partial charge is 0.462 e. The quantitative estimate of drug-likeness (QED) is 0.802. The number of benzene rings is 1. The Labute approximate surface area is 125 Å². The predicted molar refractivity (Wildman–Crippen MR) is 82.3 cm³/mol. The van der Waals surface area contributed by atoms with Crippen molar-refractivity contribution in [3.05, 3.63) is 47.4 Å². The van der Waals surface area contributed by atoms with E-state index in [9.17, 15) is 4.79 Å². The van der Waals surface area contributed by atoms with Crippen molar-refractivity contribution in [2.45, 2.75) is 33.6 Å². The Morgan fingerprint density at radius 2 is 2.00 bits per heavy atom. The number of rotatable bonds is 4. The van der Waals surface area contributed by atoms with Crippen LogP contribution >= 0.6 is 0 Å². The molecule has 0 bridgehead atoms. The number of carbonyl (C=O) groups is 1. The van der Waals surface area contributed by atoms with Gasteiger partial charge in [0.15, 0.2) is 0 Å². The highest BCUT2D eigenvalue weighted by Crippen LogP contribution is 2.26. The summed E-state index contributed by atoms with van der Waals surface area (Å²) in [6, 6.07) is 7.87. The van der Waals surface area contributed by atoms with Crippen LogP contribution in [0.5, 0.6) is 0 Å². The maximum atomic E-state index is 12.1. The molecular formula is C17H20N2O2. The minimum atomic E-state index is -0.383. The molecule has 1 aromatic carbocycles. The first-order valence-electron chi connectivity index (χ1n) is 7.14. The number of esters is 1. The fourth-order valence-electron chi connectivity index (χ4n) is 2.08. The number of ether oxygens (including phenoxy) is 1. The van der Waals surface area contributed by atoms with Crippen LogP contribution in [0.25, 0.3) is 11.3 Å². The smallest absolute Gasteiger partial charge is 0.341 e. The van der Waals surface area contributed by atoms with E-state index in [0.717, 1.165) is 17.0 Å². The third-order valence-electron chi connectivity index (χ3n) is 3.22. The average Bonchev–Trinajstić information content (AvgIpc) is 2.47. The van der Waals surface area contributed by atoms with E-state index in [1.807, 2.05) is 45.0 Å². The Bertz CT molecular complexity index is 651. The van der Waals surface area contributed by atoms with E-state index in [0.29, 0.717) is 17.9 Å². The summed E-state index contributed by atoms with van der Waals surface area (Å²) < 4.78 is 5.11. The lowest BCUT2D eigenvalue weighted by Gasteiger charge is -2.13. The zero-order valence-electron chi connectivity index (χ0n) is 12.9. The van der Waals surface area contributed by atoms with Crippen molar-refractivity contribution < 1.29 is 9.53 Å². The van der Waals surface area contributed by atoms with Gasteiger partial charge in [0.1, 0.15) is 11.4 Å². The van der Waals surface area contributed by atoms with Crippen LogP contribution in [0.4, 0.5) is 0 Å². The SMILES string of the molecule is CCOC(=O)c1cnc(C(C)C)nc1-c1ccccc1C. The lowest BCUT2D eigenvalue weighted by Crippen LogP contribution is -2.11. The summed E-state index contributed by atoms with van der Waals surface area (Å²) in [4.78, 5) is 21.0. The Morgan fingerprint density at radius 3 is 2.62 bits per heavy atom. The molecule has 1 aromatic heterocycles. The number of hydrogen-bond acceptors (Lipinski definition) is 4. The van der Waals surface area contributed by atoms with Crippen molar-refractivity contribution in [2.75, 3.05) is 6.61 Å². The fraction of sp³-hybridized carbons (Fsp3) is 0.353. The second-order valence-electron chi connectivity index (χ2n) is 5.18. The van der Waals surface area contributed by atoms with Gasteiger partial charge in [-0.1, -0.05) is 38.1 Å². The van der Waals surface area contributed by atoms with Crippen molar-refractivity contribution in [2.24, 2.45) is 0 Å². The first-order valence-corrected chi connectivity index (χ1v) is 7.14. The molecule has 0 unspecified atom stereocenters. The molecule has 0 fully saturated rings. The molecule has 21 heavy (non-hydrogen) atoms. The summed E-state index contributed by atoms with van der Waals surface area (Å²) in [5.41, 5.74) is 3.06. The Balaban J connectivity index is 2.62. The van der Waals surface area contributed by atoms with Crippen LogP contribution in [-0.2, 0) is 4.74 Å². The molecule has 2 rings (SSSR count). The molecule has 1 heterocycles. The molecule has 0 saturated carbocycles. The van der Waals surface area contributed by atoms with Gasteiger partial charge in [-0.25, -0.2) is 14.8 Å². The van der Waals surface area contributed by atoms with E-state index >= 15 is 0 Å². The summed E-state index contributed by atoms with van der Waals surface area (Å²) in [6.07, 6.45) is 1.57. The van der Waals surface area contributed by atoms with Crippen LogP contribution in [-0.4, -0.2) is 22.5 Å². The van der Waals surface area contributed by atoms with Crippen LogP contribution in [0, 0.1) is 6.92 Å². The third-order valence-corrected chi connectivity index (χ3v) is 3.22. The van der Waals surface area contributed by atoms with Gasteiger partial charge >= 0.3 is 5.97 Å². The molecule has 2 aromatic rings. The minimum Gasteiger partial charge on any atom is -0.462 e.